The number of carboxylic acid groups (broad SMARTS) is 3. The van der Waals surface area contributed by atoms with Gasteiger partial charge in [-0.25, -0.2) is 14.4 Å². The van der Waals surface area contributed by atoms with Crippen molar-refractivity contribution in [3.8, 4) is 0 Å². The summed E-state index contributed by atoms with van der Waals surface area (Å²) in [4.78, 5) is 56.6. The maximum atomic E-state index is 11.9. The molecule has 164 valence electrons. The Morgan fingerprint density at radius 3 is 2.07 bits per heavy atom. The number of rotatable bonds is 13. The summed E-state index contributed by atoms with van der Waals surface area (Å²) in [5, 5.41) is 40.8. The van der Waals surface area contributed by atoms with Crippen LogP contribution < -0.4 is 16.0 Å². The zero-order chi connectivity index (χ0) is 22.5. The van der Waals surface area contributed by atoms with Crippen molar-refractivity contribution >= 4 is 29.8 Å². The van der Waals surface area contributed by atoms with Gasteiger partial charge in [-0.05, 0) is 31.7 Å². The first-order valence-corrected chi connectivity index (χ1v) is 9.00. The van der Waals surface area contributed by atoms with Crippen molar-refractivity contribution in [1.29, 1.82) is 0 Å². The number of carboxylic acids is 3. The highest BCUT2D eigenvalue weighted by molar-refractivity contribution is 5.93. The minimum atomic E-state index is -1.46. The van der Waals surface area contributed by atoms with Gasteiger partial charge in [0, 0.05) is 13.0 Å². The highest BCUT2D eigenvalue weighted by Crippen LogP contribution is 2.03. The Balaban J connectivity index is 2.39. The van der Waals surface area contributed by atoms with Gasteiger partial charge in [0.1, 0.15) is 12.1 Å². The Kier molecular flexibility index (Phi) is 10.2. The molecule has 0 aromatic carbocycles. The fraction of sp³-hybridized carbons (Fsp3) is 0.471. The molecule has 3 amide bonds. The number of aromatic nitrogens is 2. The van der Waals surface area contributed by atoms with E-state index in [1.165, 1.54) is 18.5 Å². The van der Waals surface area contributed by atoms with Gasteiger partial charge in [-0.15, -0.1) is 0 Å². The first-order valence-electron chi connectivity index (χ1n) is 9.00. The lowest BCUT2D eigenvalue weighted by molar-refractivity contribution is -0.140. The number of hydrogen-bond acceptors (Lipinski definition) is 7. The molecule has 1 rings (SSSR count). The van der Waals surface area contributed by atoms with Crippen molar-refractivity contribution in [2.75, 3.05) is 6.54 Å². The highest BCUT2D eigenvalue weighted by atomic mass is 16.4. The molecule has 2 atom stereocenters. The molecule has 1 aromatic heterocycles. The molecule has 0 saturated carbocycles. The van der Waals surface area contributed by atoms with Crippen LogP contribution in [0.15, 0.2) is 18.5 Å². The zero-order valence-electron chi connectivity index (χ0n) is 15.9. The molecule has 0 radical (unpaired) electrons. The van der Waals surface area contributed by atoms with Crippen molar-refractivity contribution in [2.24, 2.45) is 0 Å². The maximum Gasteiger partial charge on any atom is 0.326 e. The average molecular weight is 425 g/mol. The quantitative estimate of drug-likeness (QED) is 0.222. The third-order valence-electron chi connectivity index (χ3n) is 3.91. The molecule has 0 aliphatic heterocycles. The van der Waals surface area contributed by atoms with Crippen LogP contribution in [0.2, 0.25) is 0 Å². The van der Waals surface area contributed by atoms with Crippen molar-refractivity contribution < 1.29 is 39.3 Å². The van der Waals surface area contributed by atoms with E-state index in [1.54, 1.807) is 0 Å². The standard InChI is InChI=1S/C17H23N5O8/c23-13(24)5-4-12(16(28)29)22-17(30)21-11(15(26)27)3-1-2-7-18-14(25)10-6-8-19-20-9-10/h6,8-9,11-12H,1-5,7H2,(H,18,25)(H,23,24)(H,26,27)(H,28,29)(H2,21,22,30)/t11-,12-/m0/s1. The van der Waals surface area contributed by atoms with Crippen molar-refractivity contribution in [2.45, 2.75) is 44.2 Å². The van der Waals surface area contributed by atoms with Crippen LogP contribution in [0, 0.1) is 0 Å². The Labute approximate surface area is 170 Å². The minimum Gasteiger partial charge on any atom is -0.481 e. The molecule has 0 unspecified atom stereocenters. The minimum absolute atomic E-state index is 0.0439. The average Bonchev–Trinajstić information content (AvgIpc) is 2.69. The van der Waals surface area contributed by atoms with Crippen molar-refractivity contribution in [3.05, 3.63) is 24.0 Å². The summed E-state index contributed by atoms with van der Waals surface area (Å²) in [7, 11) is 0. The zero-order valence-corrected chi connectivity index (χ0v) is 15.9. The molecule has 0 spiro atoms. The predicted molar refractivity (Wildman–Crippen MR) is 99.6 cm³/mol. The molecule has 1 heterocycles. The van der Waals surface area contributed by atoms with Gasteiger partial charge in [0.25, 0.3) is 5.91 Å². The fourth-order valence-corrected chi connectivity index (χ4v) is 2.34. The Morgan fingerprint density at radius 2 is 1.53 bits per heavy atom. The van der Waals surface area contributed by atoms with Crippen LogP contribution in [0.5, 0.6) is 0 Å². The fourth-order valence-electron chi connectivity index (χ4n) is 2.34. The maximum absolute atomic E-state index is 11.9. The normalized spacial score (nSPS) is 12.3. The van der Waals surface area contributed by atoms with E-state index >= 15 is 0 Å². The van der Waals surface area contributed by atoms with E-state index in [2.05, 4.69) is 20.8 Å². The summed E-state index contributed by atoms with van der Waals surface area (Å²) in [5.41, 5.74) is 0.336. The largest absolute Gasteiger partial charge is 0.481 e. The molecule has 1 aromatic rings. The van der Waals surface area contributed by atoms with Crippen LogP contribution in [0.4, 0.5) is 4.79 Å². The van der Waals surface area contributed by atoms with E-state index in [0.29, 0.717) is 18.4 Å². The molecular formula is C17H23N5O8. The van der Waals surface area contributed by atoms with Gasteiger partial charge in [-0.3, -0.25) is 9.59 Å². The highest BCUT2D eigenvalue weighted by Gasteiger charge is 2.24. The summed E-state index contributed by atoms with van der Waals surface area (Å²) in [6, 6.07) is -2.28. The number of amides is 3. The molecule has 0 fully saturated rings. The van der Waals surface area contributed by atoms with Crippen LogP contribution in [-0.4, -0.2) is 74.0 Å². The van der Waals surface area contributed by atoms with E-state index in [4.69, 9.17) is 10.2 Å². The molecule has 13 heteroatoms. The van der Waals surface area contributed by atoms with E-state index in [1.807, 2.05) is 5.32 Å². The summed E-state index contributed by atoms with van der Waals surface area (Å²) in [6.07, 6.45) is 2.70. The van der Waals surface area contributed by atoms with Crippen LogP contribution in [0.25, 0.3) is 0 Å². The number of urea groups is 1. The molecule has 30 heavy (non-hydrogen) atoms. The van der Waals surface area contributed by atoms with Gasteiger partial charge in [0.05, 0.1) is 18.0 Å². The first kappa shape index (κ1) is 24.3. The van der Waals surface area contributed by atoms with Crippen LogP contribution >= 0.6 is 0 Å². The molecule has 0 aliphatic carbocycles. The van der Waals surface area contributed by atoms with Gasteiger partial charge in [-0.1, -0.05) is 0 Å². The topological polar surface area (TPSA) is 208 Å². The number of carbonyl (C=O) groups is 5. The van der Waals surface area contributed by atoms with Crippen LogP contribution in [-0.2, 0) is 14.4 Å². The van der Waals surface area contributed by atoms with E-state index in [0.717, 1.165) is 0 Å². The lowest BCUT2D eigenvalue weighted by Crippen LogP contribution is -2.51. The molecule has 0 saturated heterocycles. The third-order valence-corrected chi connectivity index (χ3v) is 3.91. The molecule has 6 N–H and O–H groups in total. The second-order valence-corrected chi connectivity index (χ2v) is 6.21. The van der Waals surface area contributed by atoms with Crippen LogP contribution in [0.1, 0.15) is 42.5 Å². The Morgan fingerprint density at radius 1 is 0.900 bits per heavy atom. The summed E-state index contributed by atoms with van der Waals surface area (Å²) in [6.45, 7) is 0.274. The third kappa shape index (κ3) is 9.43. The molecule has 0 bridgehead atoms. The van der Waals surface area contributed by atoms with E-state index in [-0.39, 0.29) is 25.3 Å². The lowest BCUT2D eigenvalue weighted by Gasteiger charge is -2.18. The number of carbonyl (C=O) groups excluding carboxylic acids is 2. The van der Waals surface area contributed by atoms with Crippen LogP contribution in [0.3, 0.4) is 0 Å². The number of nitrogens with zero attached hydrogens (tertiary/aromatic N) is 2. The molecule has 13 nitrogen and oxygen atoms in total. The van der Waals surface area contributed by atoms with Gasteiger partial charge < -0.3 is 31.3 Å². The summed E-state index contributed by atoms with van der Waals surface area (Å²) >= 11 is 0. The summed E-state index contributed by atoms with van der Waals surface area (Å²) < 4.78 is 0. The number of nitrogens with one attached hydrogen (secondary N) is 3. The molecule has 0 aliphatic rings. The van der Waals surface area contributed by atoms with Gasteiger partial charge in [0.15, 0.2) is 0 Å². The number of aliphatic carboxylic acids is 3. The number of hydrogen-bond donors (Lipinski definition) is 6. The smallest absolute Gasteiger partial charge is 0.326 e. The first-order chi connectivity index (χ1) is 14.2. The van der Waals surface area contributed by atoms with E-state index in [9.17, 15) is 29.1 Å². The summed E-state index contributed by atoms with van der Waals surface area (Å²) in [5.74, 6) is -4.31. The second kappa shape index (κ2) is 12.6. The van der Waals surface area contributed by atoms with Gasteiger partial charge in [-0.2, -0.15) is 10.2 Å². The monoisotopic (exact) mass is 425 g/mol. The Bertz CT molecular complexity index is 758. The van der Waals surface area contributed by atoms with Gasteiger partial charge in [0.2, 0.25) is 0 Å². The Hall–Kier alpha value is -3.77. The van der Waals surface area contributed by atoms with Gasteiger partial charge >= 0.3 is 23.9 Å². The van der Waals surface area contributed by atoms with E-state index < -0.39 is 42.4 Å². The van der Waals surface area contributed by atoms with Crippen molar-refractivity contribution in [1.82, 2.24) is 26.1 Å². The predicted octanol–water partition coefficient (Wildman–Crippen LogP) is -0.553. The van der Waals surface area contributed by atoms with Crippen molar-refractivity contribution in [3.63, 3.8) is 0 Å². The SMILES string of the molecule is O=C(O)CC[C@H](NC(=O)N[C@@H](CCCCNC(=O)c1ccnnc1)C(=O)O)C(=O)O. The number of unbranched alkanes of at least 4 members (excludes halogenated alkanes) is 1. The second-order valence-electron chi connectivity index (χ2n) is 6.21. The lowest BCUT2D eigenvalue weighted by atomic mass is 10.1. The molecular weight excluding hydrogens is 402 g/mol.